The van der Waals surface area contributed by atoms with Gasteiger partial charge in [-0.1, -0.05) is 40.2 Å². The van der Waals surface area contributed by atoms with Crippen molar-refractivity contribution in [2.24, 2.45) is 4.99 Å². The van der Waals surface area contributed by atoms with Crippen molar-refractivity contribution in [3.8, 4) is 0 Å². The van der Waals surface area contributed by atoms with Crippen molar-refractivity contribution in [1.29, 1.82) is 0 Å². The fraction of sp³-hybridized carbons (Fsp3) is 0.231. The third-order valence-corrected chi connectivity index (χ3v) is 6.65. The van der Waals surface area contributed by atoms with E-state index in [-0.39, 0.29) is 18.3 Å². The highest BCUT2D eigenvalue weighted by molar-refractivity contribution is 9.10. The number of carbonyl (C=O) groups is 1. The van der Waals surface area contributed by atoms with Crippen LogP contribution >= 0.6 is 15.9 Å². The van der Waals surface area contributed by atoms with Crippen LogP contribution in [0, 0.1) is 5.82 Å². The zero-order chi connectivity index (χ0) is 23.7. The summed E-state index contributed by atoms with van der Waals surface area (Å²) < 4.78 is 27.1. The Morgan fingerprint density at radius 3 is 2.41 bits per heavy atom. The van der Waals surface area contributed by atoms with Crippen molar-refractivity contribution in [2.75, 3.05) is 12.3 Å². The highest BCUT2D eigenvalue weighted by atomic mass is 79.9. The van der Waals surface area contributed by atoms with E-state index in [1.54, 1.807) is 12.1 Å². The van der Waals surface area contributed by atoms with Gasteiger partial charge in [0.15, 0.2) is 11.8 Å². The lowest BCUT2D eigenvalue weighted by Gasteiger charge is -2.36. The van der Waals surface area contributed by atoms with Gasteiger partial charge in [0.05, 0.1) is 0 Å². The van der Waals surface area contributed by atoms with E-state index in [2.05, 4.69) is 21.2 Å². The Hall–Kier alpha value is -3.23. The molecule has 2 heterocycles. The minimum Gasteiger partial charge on any atom is -0.466 e. The van der Waals surface area contributed by atoms with Crippen LogP contribution in [0.5, 0.6) is 0 Å². The van der Waals surface area contributed by atoms with E-state index in [4.69, 9.17) is 20.2 Å². The number of halogens is 2. The minimum atomic E-state index is -1.10. The number of carbonyl (C=O) groups excluding carboxylic acids is 1. The maximum Gasteiger partial charge on any atom is 0.248 e. The average Bonchev–Trinajstić information content (AvgIpc) is 3.45. The predicted octanol–water partition coefficient (Wildman–Crippen LogP) is 4.53. The maximum atomic E-state index is 13.7. The van der Waals surface area contributed by atoms with Crippen molar-refractivity contribution >= 4 is 33.4 Å². The normalized spacial score (nSPS) is 23.9. The van der Waals surface area contributed by atoms with Gasteiger partial charge in [0.2, 0.25) is 11.8 Å². The van der Waals surface area contributed by atoms with E-state index in [1.165, 1.54) is 12.1 Å². The van der Waals surface area contributed by atoms with Crippen LogP contribution in [0.25, 0.3) is 0 Å². The van der Waals surface area contributed by atoms with Gasteiger partial charge >= 0.3 is 0 Å². The summed E-state index contributed by atoms with van der Waals surface area (Å²) in [6.07, 6.45) is 0.454. The summed E-state index contributed by atoms with van der Waals surface area (Å²) in [6, 6.07) is 20.9. The second kappa shape index (κ2) is 9.19. The fourth-order valence-electron chi connectivity index (χ4n) is 4.35. The predicted molar refractivity (Wildman–Crippen MR) is 131 cm³/mol. The standard InChI is InChI=1S/C26H23BrFN3O3/c27-19-7-3-18(4-8-19)25-30-23(17-5-9-20(28)10-6-17)24(34-25)26(31-22(32)15-33-26)14-13-16-1-11-21(29)12-2-16/h1-12,23-24H,13-15,29H2,(H,31,32). The first-order chi connectivity index (χ1) is 16.4. The topological polar surface area (TPSA) is 85.9 Å². The lowest BCUT2D eigenvalue weighted by atomic mass is 9.90. The van der Waals surface area contributed by atoms with E-state index in [1.807, 2.05) is 48.5 Å². The second-order valence-corrected chi connectivity index (χ2v) is 9.36. The van der Waals surface area contributed by atoms with Crippen LogP contribution in [-0.2, 0) is 20.7 Å². The number of rotatable bonds is 6. The van der Waals surface area contributed by atoms with Gasteiger partial charge < -0.3 is 20.5 Å². The Bertz CT molecular complexity index is 1220. The molecule has 2 aliphatic heterocycles. The molecule has 0 saturated carbocycles. The first-order valence-electron chi connectivity index (χ1n) is 11.0. The van der Waals surface area contributed by atoms with Gasteiger partial charge in [0.1, 0.15) is 18.5 Å². The van der Waals surface area contributed by atoms with Gasteiger partial charge in [-0.2, -0.15) is 0 Å². The van der Waals surface area contributed by atoms with Crippen LogP contribution in [-0.4, -0.2) is 30.2 Å². The lowest BCUT2D eigenvalue weighted by molar-refractivity contribution is -0.119. The molecule has 3 N–H and O–H groups in total. The zero-order valence-corrected chi connectivity index (χ0v) is 19.8. The molecule has 8 heteroatoms. The summed E-state index contributed by atoms with van der Waals surface area (Å²) in [4.78, 5) is 17.2. The van der Waals surface area contributed by atoms with Crippen LogP contribution < -0.4 is 11.1 Å². The molecule has 2 aliphatic rings. The molecule has 1 fully saturated rings. The summed E-state index contributed by atoms with van der Waals surface area (Å²) in [7, 11) is 0. The first-order valence-corrected chi connectivity index (χ1v) is 11.8. The van der Waals surface area contributed by atoms with Gasteiger partial charge in [0, 0.05) is 22.1 Å². The number of hydrogen-bond acceptors (Lipinski definition) is 5. The number of nitrogen functional groups attached to an aromatic ring is 1. The average molecular weight is 524 g/mol. The van der Waals surface area contributed by atoms with E-state index >= 15 is 0 Å². The molecule has 0 spiro atoms. The second-order valence-electron chi connectivity index (χ2n) is 8.44. The van der Waals surface area contributed by atoms with Gasteiger partial charge in [-0.15, -0.1) is 0 Å². The monoisotopic (exact) mass is 523 g/mol. The van der Waals surface area contributed by atoms with Gasteiger partial charge in [-0.3, -0.25) is 4.79 Å². The Kier molecular flexibility index (Phi) is 6.10. The molecule has 34 heavy (non-hydrogen) atoms. The highest BCUT2D eigenvalue weighted by Crippen LogP contribution is 2.41. The van der Waals surface area contributed by atoms with Crippen molar-refractivity contribution < 1.29 is 18.7 Å². The molecule has 3 aromatic carbocycles. The van der Waals surface area contributed by atoms with E-state index in [0.29, 0.717) is 24.4 Å². The summed E-state index contributed by atoms with van der Waals surface area (Å²) in [5, 5.41) is 3.02. The summed E-state index contributed by atoms with van der Waals surface area (Å²) in [5.74, 6) is -0.0981. The van der Waals surface area contributed by atoms with Crippen LogP contribution in [0.4, 0.5) is 10.1 Å². The zero-order valence-electron chi connectivity index (χ0n) is 18.2. The van der Waals surface area contributed by atoms with E-state index in [0.717, 1.165) is 21.2 Å². The molecule has 0 radical (unpaired) electrons. The largest absolute Gasteiger partial charge is 0.466 e. The third-order valence-electron chi connectivity index (χ3n) is 6.12. The summed E-state index contributed by atoms with van der Waals surface area (Å²) >= 11 is 3.45. The molecule has 1 amide bonds. The molecule has 3 atom stereocenters. The van der Waals surface area contributed by atoms with Crippen LogP contribution in [0.3, 0.4) is 0 Å². The number of benzene rings is 3. The third kappa shape index (κ3) is 4.56. The molecule has 5 rings (SSSR count). The number of nitrogens with two attached hydrogens (primary N) is 1. The highest BCUT2D eigenvalue weighted by Gasteiger charge is 2.53. The molecular weight excluding hydrogens is 501 g/mol. The van der Waals surface area contributed by atoms with Gasteiger partial charge in [-0.05, 0) is 66.1 Å². The van der Waals surface area contributed by atoms with Crippen molar-refractivity contribution in [3.63, 3.8) is 0 Å². The summed E-state index contributed by atoms with van der Waals surface area (Å²) in [5.41, 5.74) is 8.04. The maximum absolute atomic E-state index is 13.7. The summed E-state index contributed by atoms with van der Waals surface area (Å²) in [6.45, 7) is -0.0641. The molecule has 6 nitrogen and oxygen atoms in total. The Morgan fingerprint density at radius 1 is 1.06 bits per heavy atom. The molecule has 3 unspecified atom stereocenters. The van der Waals surface area contributed by atoms with Crippen LogP contribution in [0.15, 0.2) is 82.3 Å². The Labute approximate surface area is 205 Å². The SMILES string of the molecule is Nc1ccc(CCC2(C3OC(c4ccc(Br)cc4)=NC3c3ccc(F)cc3)NC(=O)CO2)cc1. The number of hydrogen-bond donors (Lipinski definition) is 2. The quantitative estimate of drug-likeness (QED) is 0.464. The molecule has 0 aliphatic carbocycles. The number of ether oxygens (including phenoxy) is 2. The van der Waals surface area contributed by atoms with E-state index in [9.17, 15) is 9.18 Å². The molecule has 3 aromatic rings. The number of anilines is 1. The number of amides is 1. The Balaban J connectivity index is 1.50. The molecule has 0 aromatic heterocycles. The molecule has 0 bridgehead atoms. The van der Waals surface area contributed by atoms with Gasteiger partial charge in [0.25, 0.3) is 0 Å². The molecule has 174 valence electrons. The van der Waals surface area contributed by atoms with E-state index < -0.39 is 17.9 Å². The van der Waals surface area contributed by atoms with Crippen molar-refractivity contribution in [2.45, 2.75) is 30.7 Å². The van der Waals surface area contributed by atoms with Crippen molar-refractivity contribution in [3.05, 3.63) is 99.8 Å². The number of aryl methyl sites for hydroxylation is 1. The number of nitrogens with zero attached hydrogens (tertiary/aromatic N) is 1. The van der Waals surface area contributed by atoms with Gasteiger partial charge in [-0.25, -0.2) is 9.38 Å². The Morgan fingerprint density at radius 2 is 1.76 bits per heavy atom. The smallest absolute Gasteiger partial charge is 0.248 e. The lowest BCUT2D eigenvalue weighted by Crippen LogP contribution is -2.55. The first kappa shape index (κ1) is 22.6. The fourth-order valence-corrected chi connectivity index (χ4v) is 4.62. The van der Waals surface area contributed by atoms with Crippen molar-refractivity contribution in [1.82, 2.24) is 5.32 Å². The van der Waals surface area contributed by atoms with Crippen LogP contribution in [0.1, 0.15) is 29.2 Å². The number of aliphatic imine (C=N–C) groups is 1. The molecular formula is C26H23BrFN3O3. The minimum absolute atomic E-state index is 0.0641. The number of nitrogens with one attached hydrogen (secondary N) is 1. The van der Waals surface area contributed by atoms with Crippen LogP contribution in [0.2, 0.25) is 0 Å². The molecule has 1 saturated heterocycles.